The zero-order chi connectivity index (χ0) is 11.8. The minimum atomic E-state index is -0.128. The standard InChI is InChI=1S/C9H14N6O/c1-15-7-8(6-13-15)9(16)11-4-2-3-5-12-14-10/h6-7H,2-5H2,1H3,(H,11,16). The van der Waals surface area contributed by atoms with Crippen LogP contribution in [0.2, 0.25) is 0 Å². The Kier molecular flexibility index (Phi) is 4.88. The van der Waals surface area contributed by atoms with Crippen LogP contribution in [0.5, 0.6) is 0 Å². The monoisotopic (exact) mass is 222 g/mol. The number of nitrogens with one attached hydrogen (secondary N) is 1. The second-order valence-corrected chi connectivity index (χ2v) is 3.32. The topological polar surface area (TPSA) is 95.7 Å². The zero-order valence-electron chi connectivity index (χ0n) is 9.13. The predicted octanol–water partition coefficient (Wildman–Crippen LogP) is 1.24. The number of azide groups is 1. The first-order valence-corrected chi connectivity index (χ1v) is 5.01. The molecule has 7 nitrogen and oxygen atoms in total. The summed E-state index contributed by atoms with van der Waals surface area (Å²) in [6.07, 6.45) is 4.76. The summed E-state index contributed by atoms with van der Waals surface area (Å²) in [6, 6.07) is 0. The van der Waals surface area contributed by atoms with Crippen molar-refractivity contribution in [1.82, 2.24) is 15.1 Å². The molecule has 0 spiro atoms. The van der Waals surface area contributed by atoms with Gasteiger partial charge in [-0.1, -0.05) is 5.11 Å². The molecule has 0 atom stereocenters. The Balaban J connectivity index is 2.18. The lowest BCUT2D eigenvalue weighted by Gasteiger charge is -2.01. The predicted molar refractivity (Wildman–Crippen MR) is 58.8 cm³/mol. The first-order valence-electron chi connectivity index (χ1n) is 5.01. The normalized spacial score (nSPS) is 9.56. The smallest absolute Gasteiger partial charge is 0.254 e. The summed E-state index contributed by atoms with van der Waals surface area (Å²) < 4.78 is 1.58. The minimum absolute atomic E-state index is 0.128. The van der Waals surface area contributed by atoms with E-state index in [4.69, 9.17) is 5.53 Å². The van der Waals surface area contributed by atoms with Crippen molar-refractivity contribution < 1.29 is 4.79 Å². The van der Waals surface area contributed by atoms with Crippen LogP contribution in [0.3, 0.4) is 0 Å². The van der Waals surface area contributed by atoms with Crippen molar-refractivity contribution in [2.45, 2.75) is 12.8 Å². The van der Waals surface area contributed by atoms with Gasteiger partial charge in [-0.3, -0.25) is 9.48 Å². The van der Waals surface area contributed by atoms with Gasteiger partial charge in [-0.05, 0) is 18.4 Å². The number of carbonyl (C=O) groups excluding carboxylic acids is 1. The molecule has 0 aromatic carbocycles. The SMILES string of the molecule is Cn1cc(C(=O)NCCCCN=[N+]=[N-])cn1. The second-order valence-electron chi connectivity index (χ2n) is 3.32. The highest BCUT2D eigenvalue weighted by Gasteiger charge is 2.05. The van der Waals surface area contributed by atoms with Crippen molar-refractivity contribution >= 4 is 5.91 Å². The summed E-state index contributed by atoms with van der Waals surface area (Å²) in [5.74, 6) is -0.128. The molecule has 0 saturated heterocycles. The maximum atomic E-state index is 11.5. The van der Waals surface area contributed by atoms with E-state index in [0.717, 1.165) is 12.8 Å². The molecule has 1 heterocycles. The van der Waals surface area contributed by atoms with E-state index in [2.05, 4.69) is 20.4 Å². The van der Waals surface area contributed by atoms with Gasteiger partial charge in [0, 0.05) is 31.2 Å². The van der Waals surface area contributed by atoms with Gasteiger partial charge in [0.1, 0.15) is 0 Å². The molecular weight excluding hydrogens is 208 g/mol. The van der Waals surface area contributed by atoms with Crippen LogP contribution in [0.1, 0.15) is 23.2 Å². The minimum Gasteiger partial charge on any atom is -0.352 e. The summed E-state index contributed by atoms with van der Waals surface area (Å²) in [5.41, 5.74) is 8.59. The van der Waals surface area contributed by atoms with Crippen molar-refractivity contribution in [3.63, 3.8) is 0 Å². The van der Waals surface area contributed by atoms with E-state index in [1.807, 2.05) is 0 Å². The fourth-order valence-corrected chi connectivity index (χ4v) is 1.19. The zero-order valence-corrected chi connectivity index (χ0v) is 9.13. The summed E-state index contributed by atoms with van der Waals surface area (Å²) in [4.78, 5) is 14.1. The van der Waals surface area contributed by atoms with Gasteiger partial charge in [0.15, 0.2) is 0 Å². The van der Waals surface area contributed by atoms with Crippen LogP contribution in [-0.4, -0.2) is 28.8 Å². The van der Waals surface area contributed by atoms with Gasteiger partial charge >= 0.3 is 0 Å². The average molecular weight is 222 g/mol. The van der Waals surface area contributed by atoms with E-state index in [0.29, 0.717) is 18.7 Å². The van der Waals surface area contributed by atoms with E-state index in [-0.39, 0.29) is 5.91 Å². The Morgan fingerprint density at radius 1 is 1.69 bits per heavy atom. The van der Waals surface area contributed by atoms with Gasteiger partial charge in [-0.25, -0.2) is 0 Å². The highest BCUT2D eigenvalue weighted by Crippen LogP contribution is 1.96. The maximum Gasteiger partial charge on any atom is 0.254 e. The van der Waals surface area contributed by atoms with Crippen LogP contribution in [0.4, 0.5) is 0 Å². The van der Waals surface area contributed by atoms with E-state index in [1.54, 1.807) is 17.9 Å². The van der Waals surface area contributed by atoms with Gasteiger partial charge in [-0.2, -0.15) is 5.10 Å². The Morgan fingerprint density at radius 2 is 2.50 bits per heavy atom. The average Bonchev–Trinajstić information content (AvgIpc) is 2.70. The molecule has 1 amide bonds. The molecule has 86 valence electrons. The molecule has 1 rings (SSSR count). The summed E-state index contributed by atoms with van der Waals surface area (Å²) in [5, 5.41) is 10.1. The van der Waals surface area contributed by atoms with Gasteiger partial charge < -0.3 is 5.32 Å². The van der Waals surface area contributed by atoms with E-state index >= 15 is 0 Å². The molecule has 1 aromatic rings. The fourth-order valence-electron chi connectivity index (χ4n) is 1.19. The van der Waals surface area contributed by atoms with Gasteiger partial charge in [0.25, 0.3) is 5.91 Å². The largest absolute Gasteiger partial charge is 0.352 e. The number of hydrogen-bond donors (Lipinski definition) is 1. The van der Waals surface area contributed by atoms with Crippen LogP contribution in [0.15, 0.2) is 17.5 Å². The maximum absolute atomic E-state index is 11.5. The van der Waals surface area contributed by atoms with Crippen molar-refractivity contribution in [2.24, 2.45) is 12.2 Å². The molecule has 1 aromatic heterocycles. The fraction of sp³-hybridized carbons (Fsp3) is 0.556. The van der Waals surface area contributed by atoms with E-state index < -0.39 is 0 Å². The lowest BCUT2D eigenvalue weighted by Crippen LogP contribution is -2.24. The highest BCUT2D eigenvalue weighted by atomic mass is 16.1. The van der Waals surface area contributed by atoms with Crippen molar-refractivity contribution in [3.05, 3.63) is 28.4 Å². The molecule has 16 heavy (non-hydrogen) atoms. The third-order valence-corrected chi connectivity index (χ3v) is 2.00. The van der Waals surface area contributed by atoms with Crippen molar-refractivity contribution in [1.29, 1.82) is 0 Å². The number of aromatic nitrogens is 2. The number of unbranched alkanes of at least 4 members (excludes halogenated alkanes) is 1. The third kappa shape index (κ3) is 4.02. The first-order chi connectivity index (χ1) is 7.74. The number of nitrogens with zero attached hydrogens (tertiary/aromatic N) is 5. The Morgan fingerprint density at radius 3 is 3.12 bits per heavy atom. The molecule has 0 unspecified atom stereocenters. The summed E-state index contributed by atoms with van der Waals surface area (Å²) in [7, 11) is 1.76. The lowest BCUT2D eigenvalue weighted by molar-refractivity contribution is 0.0953. The quantitative estimate of drug-likeness (QED) is 0.339. The van der Waals surface area contributed by atoms with E-state index in [1.165, 1.54) is 6.20 Å². The number of hydrogen-bond acceptors (Lipinski definition) is 3. The number of rotatable bonds is 6. The van der Waals surface area contributed by atoms with Crippen LogP contribution < -0.4 is 5.32 Å². The van der Waals surface area contributed by atoms with Gasteiger partial charge in [0.05, 0.1) is 11.8 Å². The molecule has 0 saturated carbocycles. The highest BCUT2D eigenvalue weighted by molar-refractivity contribution is 5.93. The molecule has 0 aliphatic heterocycles. The molecule has 0 bridgehead atoms. The van der Waals surface area contributed by atoms with Gasteiger partial charge in [-0.15, -0.1) is 0 Å². The Bertz CT molecular complexity index is 392. The Labute approximate surface area is 93.1 Å². The van der Waals surface area contributed by atoms with Crippen LogP contribution in [0.25, 0.3) is 10.4 Å². The molecule has 1 N–H and O–H groups in total. The van der Waals surface area contributed by atoms with Crippen LogP contribution in [0, 0.1) is 0 Å². The molecule has 0 aliphatic carbocycles. The van der Waals surface area contributed by atoms with E-state index in [9.17, 15) is 4.79 Å². The number of aryl methyl sites for hydroxylation is 1. The molecule has 0 aliphatic rings. The number of carbonyl (C=O) groups is 1. The summed E-state index contributed by atoms with van der Waals surface area (Å²) >= 11 is 0. The summed E-state index contributed by atoms with van der Waals surface area (Å²) in [6.45, 7) is 1.05. The van der Waals surface area contributed by atoms with Crippen LogP contribution in [-0.2, 0) is 7.05 Å². The van der Waals surface area contributed by atoms with Crippen LogP contribution >= 0.6 is 0 Å². The first kappa shape index (κ1) is 12.1. The van der Waals surface area contributed by atoms with Gasteiger partial charge in [0.2, 0.25) is 0 Å². The molecule has 7 heteroatoms. The molecule has 0 radical (unpaired) electrons. The van der Waals surface area contributed by atoms with Crippen molar-refractivity contribution in [2.75, 3.05) is 13.1 Å². The van der Waals surface area contributed by atoms with Crippen molar-refractivity contribution in [3.8, 4) is 0 Å². The number of amides is 1. The lowest BCUT2D eigenvalue weighted by atomic mass is 10.3. The third-order valence-electron chi connectivity index (χ3n) is 2.00. The second kappa shape index (κ2) is 6.47. The molecule has 0 fully saturated rings. The Hall–Kier alpha value is -2.01. The molecular formula is C9H14N6O.